The van der Waals surface area contributed by atoms with E-state index in [0.717, 1.165) is 0 Å². The van der Waals surface area contributed by atoms with Crippen molar-refractivity contribution in [2.24, 2.45) is 0 Å². The van der Waals surface area contributed by atoms with E-state index in [1.807, 2.05) is 0 Å². The van der Waals surface area contributed by atoms with Gasteiger partial charge < -0.3 is 5.32 Å². The van der Waals surface area contributed by atoms with Gasteiger partial charge in [0.15, 0.2) is 0 Å². The summed E-state index contributed by atoms with van der Waals surface area (Å²) >= 11 is 0. The Hall–Kier alpha value is -1.77. The number of alkyl halides is 6. The Morgan fingerprint density at radius 2 is 1.63 bits per heavy atom. The molecule has 0 aliphatic rings. The van der Waals surface area contributed by atoms with Gasteiger partial charge in [-0.1, -0.05) is 18.2 Å². The summed E-state index contributed by atoms with van der Waals surface area (Å²) in [6.45, 7) is 0. The molecule has 1 aromatic rings. The minimum Gasteiger partial charge on any atom is -0.319 e. The van der Waals surface area contributed by atoms with E-state index in [9.17, 15) is 31.1 Å². The molecule has 0 heterocycles. The molecule has 0 aromatic heterocycles. The van der Waals surface area contributed by atoms with Crippen LogP contribution in [0.5, 0.6) is 0 Å². The highest BCUT2D eigenvalue weighted by molar-refractivity contribution is 5.94. The van der Waals surface area contributed by atoms with E-state index in [2.05, 4.69) is 4.74 Å². The second-order valence-electron chi connectivity index (χ2n) is 3.30. The van der Waals surface area contributed by atoms with Crippen LogP contribution in [0.3, 0.4) is 0 Å². The zero-order chi connectivity index (χ0) is 14.7. The van der Waals surface area contributed by atoms with Crippen molar-refractivity contribution in [2.75, 3.05) is 5.32 Å². The molecule has 0 saturated heterocycles. The zero-order valence-electron chi connectivity index (χ0n) is 9.05. The molecule has 106 valence electrons. The molecule has 1 amide bonds. The summed E-state index contributed by atoms with van der Waals surface area (Å²) in [7, 11) is 0. The molecular weight excluding hydrogens is 280 g/mol. The molecule has 0 bridgehead atoms. The van der Waals surface area contributed by atoms with Crippen LogP contribution in [0.15, 0.2) is 30.3 Å². The van der Waals surface area contributed by atoms with Crippen molar-refractivity contribution < 1.29 is 35.9 Å². The van der Waals surface area contributed by atoms with Gasteiger partial charge in [0.05, 0.1) is 0 Å². The molecule has 0 spiro atoms. The molecule has 0 saturated carbocycles. The third kappa shape index (κ3) is 4.12. The summed E-state index contributed by atoms with van der Waals surface area (Å²) in [4.78, 5) is 11.0. The maximum absolute atomic E-state index is 12.9. The van der Waals surface area contributed by atoms with E-state index >= 15 is 0 Å². The molecule has 1 N–H and O–H groups in total. The van der Waals surface area contributed by atoms with E-state index < -0.39 is 24.5 Å². The first-order chi connectivity index (χ1) is 8.65. The Kier molecular flexibility index (Phi) is 4.40. The number of hydrogen-bond donors (Lipinski definition) is 1. The van der Waals surface area contributed by atoms with Gasteiger partial charge in [0.1, 0.15) is 0 Å². The number of carbonyl (C=O) groups is 1. The van der Waals surface area contributed by atoms with Crippen LogP contribution in [0.1, 0.15) is 0 Å². The molecule has 0 atom stereocenters. The summed E-state index contributed by atoms with van der Waals surface area (Å²) in [5.74, 6) is -2.28. The molecular formula is C10H7F6NO2. The number of ether oxygens (including phenoxy) is 1. The smallest absolute Gasteiger partial charge is 0.319 e. The summed E-state index contributed by atoms with van der Waals surface area (Å²) < 4.78 is 76.4. The van der Waals surface area contributed by atoms with Gasteiger partial charge in [-0.15, -0.1) is 0 Å². The predicted molar refractivity (Wildman–Crippen MR) is 52.1 cm³/mol. The Bertz CT molecular complexity index is 437. The lowest BCUT2D eigenvalue weighted by atomic mass is 10.3. The first-order valence-electron chi connectivity index (χ1n) is 4.75. The lowest BCUT2D eigenvalue weighted by Gasteiger charge is -2.22. The number of nitrogens with one attached hydrogen (secondary N) is 1. The minimum atomic E-state index is -5.43. The highest BCUT2D eigenvalue weighted by Gasteiger charge is 2.55. The maximum Gasteiger partial charge on any atom is 0.441 e. The highest BCUT2D eigenvalue weighted by atomic mass is 19.3. The average molecular weight is 287 g/mol. The molecule has 3 nitrogen and oxygen atoms in total. The molecule has 9 heteroatoms. The van der Waals surface area contributed by atoms with E-state index in [1.165, 1.54) is 30.3 Å². The van der Waals surface area contributed by atoms with Crippen molar-refractivity contribution >= 4 is 11.6 Å². The van der Waals surface area contributed by atoms with Gasteiger partial charge in [-0.05, 0) is 12.1 Å². The summed E-state index contributed by atoms with van der Waals surface area (Å²) in [6, 6.07) is 6.65. The first-order valence-corrected chi connectivity index (χ1v) is 4.75. The van der Waals surface area contributed by atoms with Crippen molar-refractivity contribution in [2.45, 2.75) is 18.6 Å². The molecule has 1 aromatic carbocycles. The zero-order valence-corrected chi connectivity index (χ0v) is 9.05. The number of halogens is 6. The van der Waals surface area contributed by atoms with Gasteiger partial charge in [0.25, 0.3) is 0 Å². The second kappa shape index (κ2) is 5.47. The highest BCUT2D eigenvalue weighted by Crippen LogP contribution is 2.32. The van der Waals surface area contributed by atoms with Gasteiger partial charge in [-0.25, -0.2) is 13.5 Å². The van der Waals surface area contributed by atoms with Gasteiger partial charge in [-0.2, -0.15) is 17.6 Å². The van der Waals surface area contributed by atoms with E-state index in [4.69, 9.17) is 0 Å². The fourth-order valence-corrected chi connectivity index (χ4v) is 0.987. The molecule has 0 unspecified atom stereocenters. The Labute approximate surface area is 103 Å². The lowest BCUT2D eigenvalue weighted by molar-refractivity contribution is -0.388. The van der Waals surface area contributed by atoms with Crippen LogP contribution in [0.25, 0.3) is 0 Å². The molecule has 0 fully saturated rings. The van der Waals surface area contributed by atoms with Crippen molar-refractivity contribution in [1.82, 2.24) is 0 Å². The Morgan fingerprint density at radius 3 is 2.11 bits per heavy atom. The molecule has 0 radical (unpaired) electrons. The number of amides is 1. The van der Waals surface area contributed by atoms with Crippen LogP contribution in [-0.4, -0.2) is 24.5 Å². The fraction of sp³-hybridized carbons (Fsp3) is 0.300. The third-order valence-electron chi connectivity index (χ3n) is 1.81. The molecule has 0 aliphatic heterocycles. The Balaban J connectivity index is 2.75. The molecule has 19 heavy (non-hydrogen) atoms. The number of rotatable bonds is 5. The number of benzene rings is 1. The monoisotopic (exact) mass is 287 g/mol. The number of hydrogen-bond acceptors (Lipinski definition) is 2. The molecule has 0 aliphatic carbocycles. The van der Waals surface area contributed by atoms with Crippen molar-refractivity contribution in [3.8, 4) is 0 Å². The third-order valence-corrected chi connectivity index (χ3v) is 1.81. The Morgan fingerprint density at radius 1 is 1.11 bits per heavy atom. The van der Waals surface area contributed by atoms with Crippen molar-refractivity contribution in [1.29, 1.82) is 0 Å². The summed E-state index contributed by atoms with van der Waals surface area (Å²) in [5, 5.41) is 1.55. The largest absolute Gasteiger partial charge is 0.441 e. The maximum atomic E-state index is 12.9. The van der Waals surface area contributed by atoms with Gasteiger partial charge >= 0.3 is 24.5 Å². The summed E-state index contributed by atoms with van der Waals surface area (Å²) in [6.07, 6.45) is -15.0. The fourth-order valence-electron chi connectivity index (χ4n) is 0.987. The van der Waals surface area contributed by atoms with E-state index in [0.29, 0.717) is 0 Å². The van der Waals surface area contributed by atoms with Crippen molar-refractivity contribution in [3.63, 3.8) is 0 Å². The van der Waals surface area contributed by atoms with Crippen LogP contribution in [0, 0.1) is 0 Å². The normalized spacial score (nSPS) is 12.6. The topological polar surface area (TPSA) is 38.3 Å². The first kappa shape index (κ1) is 15.3. The SMILES string of the molecule is O=C(Nc1ccccc1)C(F)(F)OC(F)(F)C(F)F. The van der Waals surface area contributed by atoms with Crippen LogP contribution in [-0.2, 0) is 9.53 Å². The van der Waals surface area contributed by atoms with Gasteiger partial charge in [0.2, 0.25) is 0 Å². The standard InChI is InChI=1S/C10H7F6NO2/c11-7(12)9(13,14)19-10(15,16)8(18)17-6-4-2-1-3-5-6/h1-5,7H,(H,17,18). The van der Waals surface area contributed by atoms with Gasteiger partial charge in [-0.3, -0.25) is 4.79 Å². The van der Waals surface area contributed by atoms with E-state index in [1.54, 1.807) is 5.32 Å². The van der Waals surface area contributed by atoms with Crippen LogP contribution >= 0.6 is 0 Å². The predicted octanol–water partition coefficient (Wildman–Crippen LogP) is 3.09. The quantitative estimate of drug-likeness (QED) is 0.845. The average Bonchev–Trinajstić information content (AvgIpc) is 2.28. The van der Waals surface area contributed by atoms with Crippen LogP contribution in [0.4, 0.5) is 32.0 Å². The number of para-hydroxylation sites is 1. The van der Waals surface area contributed by atoms with Crippen molar-refractivity contribution in [3.05, 3.63) is 30.3 Å². The summed E-state index contributed by atoms with van der Waals surface area (Å²) in [5.41, 5.74) is -0.129. The second-order valence-corrected chi connectivity index (χ2v) is 3.30. The van der Waals surface area contributed by atoms with Crippen LogP contribution < -0.4 is 5.32 Å². The lowest BCUT2D eigenvalue weighted by Crippen LogP contribution is -2.45. The minimum absolute atomic E-state index is 0.129. The van der Waals surface area contributed by atoms with E-state index in [-0.39, 0.29) is 5.69 Å². The number of anilines is 1. The number of carbonyl (C=O) groups excluding carboxylic acids is 1. The molecule has 1 rings (SSSR count). The van der Waals surface area contributed by atoms with Gasteiger partial charge in [0, 0.05) is 5.69 Å². The van der Waals surface area contributed by atoms with Crippen LogP contribution in [0.2, 0.25) is 0 Å².